The molecule has 0 fully saturated rings. The minimum atomic E-state index is -0.200. The lowest BCUT2D eigenvalue weighted by molar-refractivity contribution is 0.625. The van der Waals surface area contributed by atoms with E-state index in [0.717, 1.165) is 15.8 Å². The smallest absolute Gasteiger partial charge is 0.124 e. The van der Waals surface area contributed by atoms with Gasteiger partial charge < -0.3 is 0 Å². The SMILES string of the molecule is Fc1cc(Br)cc(CSc2ccc3ccccc3c2)c1. The second-order valence-electron chi connectivity index (χ2n) is 4.58. The summed E-state index contributed by atoms with van der Waals surface area (Å²) in [5.74, 6) is 0.558. The average Bonchev–Trinajstić information content (AvgIpc) is 2.44. The van der Waals surface area contributed by atoms with E-state index in [1.165, 1.54) is 21.7 Å². The highest BCUT2D eigenvalue weighted by molar-refractivity contribution is 9.10. The summed E-state index contributed by atoms with van der Waals surface area (Å²) >= 11 is 5.04. The zero-order valence-electron chi connectivity index (χ0n) is 10.6. The first kappa shape index (κ1) is 13.7. The van der Waals surface area contributed by atoms with Crippen LogP contribution >= 0.6 is 27.7 Å². The molecule has 20 heavy (non-hydrogen) atoms. The molecule has 0 aliphatic carbocycles. The molecule has 0 heterocycles. The van der Waals surface area contributed by atoms with Gasteiger partial charge in [0.15, 0.2) is 0 Å². The molecule has 0 aromatic heterocycles. The van der Waals surface area contributed by atoms with Crippen molar-refractivity contribution in [3.63, 3.8) is 0 Å². The molecule has 0 atom stereocenters. The first-order chi connectivity index (χ1) is 9.70. The highest BCUT2D eigenvalue weighted by Gasteiger charge is 2.02. The van der Waals surface area contributed by atoms with Gasteiger partial charge in [0.05, 0.1) is 0 Å². The summed E-state index contributed by atoms with van der Waals surface area (Å²) in [5, 5.41) is 2.48. The molecule has 0 saturated heterocycles. The van der Waals surface area contributed by atoms with E-state index >= 15 is 0 Å². The van der Waals surface area contributed by atoms with Crippen molar-refractivity contribution in [2.45, 2.75) is 10.6 Å². The molecular weight excluding hydrogens is 335 g/mol. The Morgan fingerprint density at radius 2 is 1.70 bits per heavy atom. The Kier molecular flexibility index (Phi) is 4.08. The highest BCUT2D eigenvalue weighted by Crippen LogP contribution is 2.27. The van der Waals surface area contributed by atoms with Crippen LogP contribution in [0.5, 0.6) is 0 Å². The number of fused-ring (bicyclic) bond motifs is 1. The Balaban J connectivity index is 1.79. The van der Waals surface area contributed by atoms with Crippen molar-refractivity contribution in [1.82, 2.24) is 0 Å². The Bertz CT molecular complexity index is 735. The van der Waals surface area contributed by atoms with E-state index in [2.05, 4.69) is 46.3 Å². The van der Waals surface area contributed by atoms with Crippen LogP contribution in [0.1, 0.15) is 5.56 Å². The first-order valence-electron chi connectivity index (χ1n) is 6.27. The van der Waals surface area contributed by atoms with E-state index < -0.39 is 0 Å². The molecule has 3 heteroatoms. The molecule has 0 spiro atoms. The van der Waals surface area contributed by atoms with Gasteiger partial charge in [-0.05, 0) is 46.7 Å². The second kappa shape index (κ2) is 5.98. The lowest BCUT2D eigenvalue weighted by Crippen LogP contribution is -1.84. The predicted molar refractivity (Wildman–Crippen MR) is 87.6 cm³/mol. The highest BCUT2D eigenvalue weighted by atomic mass is 79.9. The van der Waals surface area contributed by atoms with Crippen LogP contribution in [-0.2, 0) is 5.75 Å². The van der Waals surface area contributed by atoms with Crippen LogP contribution in [-0.4, -0.2) is 0 Å². The third-order valence-electron chi connectivity index (χ3n) is 3.05. The molecule has 0 bridgehead atoms. The summed E-state index contributed by atoms with van der Waals surface area (Å²) in [6.45, 7) is 0. The van der Waals surface area contributed by atoms with E-state index in [1.54, 1.807) is 17.8 Å². The van der Waals surface area contributed by atoms with Crippen LogP contribution in [0.2, 0.25) is 0 Å². The molecule has 0 aliphatic rings. The fourth-order valence-corrected chi connectivity index (χ4v) is 3.51. The minimum Gasteiger partial charge on any atom is -0.207 e. The minimum absolute atomic E-state index is 0.200. The fraction of sp³-hybridized carbons (Fsp3) is 0.0588. The summed E-state index contributed by atoms with van der Waals surface area (Å²) in [4.78, 5) is 1.20. The Morgan fingerprint density at radius 1 is 0.900 bits per heavy atom. The van der Waals surface area contributed by atoms with E-state index in [-0.39, 0.29) is 5.82 Å². The first-order valence-corrected chi connectivity index (χ1v) is 8.05. The Morgan fingerprint density at radius 3 is 2.50 bits per heavy atom. The van der Waals surface area contributed by atoms with Crippen LogP contribution < -0.4 is 0 Å². The average molecular weight is 347 g/mol. The quantitative estimate of drug-likeness (QED) is 0.521. The molecule has 0 aliphatic heterocycles. The Hall–Kier alpha value is -1.32. The molecule has 3 rings (SSSR count). The summed E-state index contributed by atoms with van der Waals surface area (Å²) in [6, 6.07) is 19.7. The molecular formula is C17H12BrFS. The van der Waals surface area contributed by atoms with Crippen molar-refractivity contribution in [2.24, 2.45) is 0 Å². The van der Waals surface area contributed by atoms with Gasteiger partial charge in [-0.15, -0.1) is 11.8 Å². The van der Waals surface area contributed by atoms with Crippen LogP contribution in [0.25, 0.3) is 10.8 Å². The topological polar surface area (TPSA) is 0 Å². The molecule has 0 amide bonds. The van der Waals surface area contributed by atoms with Crippen molar-refractivity contribution in [2.75, 3.05) is 0 Å². The van der Waals surface area contributed by atoms with Crippen molar-refractivity contribution in [1.29, 1.82) is 0 Å². The maximum absolute atomic E-state index is 13.3. The molecule has 3 aromatic rings. The van der Waals surface area contributed by atoms with E-state index in [9.17, 15) is 4.39 Å². The number of hydrogen-bond acceptors (Lipinski definition) is 1. The van der Waals surface area contributed by atoms with Gasteiger partial charge >= 0.3 is 0 Å². The van der Waals surface area contributed by atoms with E-state index in [1.807, 2.05) is 18.2 Å². The predicted octanol–water partition coefficient (Wildman–Crippen LogP) is 6.03. The lowest BCUT2D eigenvalue weighted by Gasteiger charge is -2.05. The largest absolute Gasteiger partial charge is 0.207 e. The maximum atomic E-state index is 13.3. The van der Waals surface area contributed by atoms with Gasteiger partial charge in [-0.3, -0.25) is 0 Å². The van der Waals surface area contributed by atoms with Gasteiger partial charge in [-0.25, -0.2) is 4.39 Å². The lowest BCUT2D eigenvalue weighted by atomic mass is 10.1. The van der Waals surface area contributed by atoms with E-state index in [0.29, 0.717) is 0 Å². The van der Waals surface area contributed by atoms with Crippen LogP contribution in [0.15, 0.2) is 70.0 Å². The van der Waals surface area contributed by atoms with Crippen molar-refractivity contribution in [3.8, 4) is 0 Å². The van der Waals surface area contributed by atoms with Gasteiger partial charge in [0.1, 0.15) is 5.82 Å². The number of halogens is 2. The normalized spacial score (nSPS) is 10.9. The van der Waals surface area contributed by atoms with Gasteiger partial charge in [-0.1, -0.05) is 46.3 Å². The summed E-state index contributed by atoms with van der Waals surface area (Å²) in [6.07, 6.45) is 0. The van der Waals surface area contributed by atoms with Gasteiger partial charge in [0.25, 0.3) is 0 Å². The summed E-state index contributed by atoms with van der Waals surface area (Å²) < 4.78 is 14.1. The van der Waals surface area contributed by atoms with Gasteiger partial charge in [-0.2, -0.15) is 0 Å². The Labute approximate surface area is 130 Å². The number of thioether (sulfide) groups is 1. The standard InChI is InChI=1S/C17H12BrFS/c18-15-7-12(8-16(19)10-15)11-20-17-6-5-13-3-1-2-4-14(13)9-17/h1-10H,11H2. The van der Waals surface area contributed by atoms with Crippen molar-refractivity contribution >= 4 is 38.5 Å². The molecule has 0 nitrogen and oxygen atoms in total. The molecule has 0 unspecified atom stereocenters. The van der Waals surface area contributed by atoms with Gasteiger partial charge in [0.2, 0.25) is 0 Å². The van der Waals surface area contributed by atoms with Crippen LogP contribution in [0.3, 0.4) is 0 Å². The number of benzene rings is 3. The molecule has 100 valence electrons. The summed E-state index contributed by atoms with van der Waals surface area (Å²) in [7, 11) is 0. The third kappa shape index (κ3) is 3.22. The van der Waals surface area contributed by atoms with Crippen molar-refractivity contribution in [3.05, 3.63) is 76.5 Å². The molecule has 0 N–H and O–H groups in total. The van der Waals surface area contributed by atoms with Crippen molar-refractivity contribution < 1.29 is 4.39 Å². The number of rotatable bonds is 3. The van der Waals surface area contributed by atoms with E-state index in [4.69, 9.17) is 0 Å². The fourth-order valence-electron chi connectivity index (χ4n) is 2.12. The van der Waals surface area contributed by atoms with Gasteiger partial charge in [0, 0.05) is 15.1 Å². The zero-order valence-corrected chi connectivity index (χ0v) is 13.0. The number of hydrogen-bond donors (Lipinski definition) is 0. The second-order valence-corrected chi connectivity index (χ2v) is 6.54. The summed E-state index contributed by atoms with van der Waals surface area (Å²) in [5.41, 5.74) is 0.982. The maximum Gasteiger partial charge on any atom is 0.124 e. The monoisotopic (exact) mass is 346 g/mol. The van der Waals surface area contributed by atoms with Crippen LogP contribution in [0, 0.1) is 5.82 Å². The molecule has 0 radical (unpaired) electrons. The molecule has 3 aromatic carbocycles. The van der Waals surface area contributed by atoms with Crippen LogP contribution in [0.4, 0.5) is 4.39 Å². The molecule has 0 saturated carbocycles. The third-order valence-corrected chi connectivity index (χ3v) is 4.57. The zero-order chi connectivity index (χ0) is 13.9.